The summed E-state index contributed by atoms with van der Waals surface area (Å²) in [6.07, 6.45) is 4.45. The van der Waals surface area contributed by atoms with Crippen molar-refractivity contribution in [3.05, 3.63) is 54.1 Å². The van der Waals surface area contributed by atoms with Crippen LogP contribution in [0.5, 0.6) is 17.2 Å². The minimum Gasteiger partial charge on any atom is -0.490 e. The van der Waals surface area contributed by atoms with E-state index in [0.717, 1.165) is 38.2 Å². The van der Waals surface area contributed by atoms with E-state index >= 15 is 0 Å². The Hall–Kier alpha value is -2.73. The number of hydrogen-bond donors (Lipinski definition) is 1. The van der Waals surface area contributed by atoms with Gasteiger partial charge >= 0.3 is 0 Å². The van der Waals surface area contributed by atoms with Crippen molar-refractivity contribution in [1.29, 1.82) is 0 Å². The summed E-state index contributed by atoms with van der Waals surface area (Å²) >= 11 is 0. The zero-order chi connectivity index (χ0) is 22.6. The summed E-state index contributed by atoms with van der Waals surface area (Å²) in [6.45, 7) is 8.70. The Labute approximate surface area is 191 Å². The highest BCUT2D eigenvalue weighted by Gasteiger charge is 2.21. The van der Waals surface area contributed by atoms with Crippen molar-refractivity contribution in [3.8, 4) is 17.2 Å². The number of piperidine rings is 1. The lowest BCUT2D eigenvalue weighted by atomic mass is 10.0. The number of benzene rings is 2. The first-order chi connectivity index (χ1) is 15.7. The van der Waals surface area contributed by atoms with Gasteiger partial charge in [-0.2, -0.15) is 0 Å². The van der Waals surface area contributed by atoms with Crippen LogP contribution in [-0.4, -0.2) is 56.3 Å². The van der Waals surface area contributed by atoms with Crippen molar-refractivity contribution >= 4 is 5.91 Å². The van der Waals surface area contributed by atoms with Crippen molar-refractivity contribution in [3.63, 3.8) is 0 Å². The van der Waals surface area contributed by atoms with Gasteiger partial charge in [0, 0.05) is 24.7 Å². The first-order valence-corrected chi connectivity index (χ1v) is 11.8. The second-order valence-electron chi connectivity index (χ2n) is 8.05. The molecular weight excluding hydrogens is 404 g/mol. The van der Waals surface area contributed by atoms with Crippen LogP contribution in [0.25, 0.3) is 0 Å². The van der Waals surface area contributed by atoms with E-state index in [9.17, 15) is 4.79 Å². The molecule has 6 heteroatoms. The minimum absolute atomic E-state index is 0.0584. The lowest BCUT2D eigenvalue weighted by molar-refractivity contribution is 0.0910. The van der Waals surface area contributed by atoms with Crippen LogP contribution in [0.3, 0.4) is 0 Å². The van der Waals surface area contributed by atoms with E-state index in [1.165, 1.54) is 12.8 Å². The summed E-state index contributed by atoms with van der Waals surface area (Å²) in [5, 5.41) is 3.19. The molecule has 3 rings (SSSR count). The molecule has 0 saturated carbocycles. The molecule has 1 N–H and O–H groups in total. The van der Waals surface area contributed by atoms with E-state index in [-0.39, 0.29) is 11.9 Å². The topological polar surface area (TPSA) is 60.0 Å². The number of nitrogens with one attached hydrogen (secondary N) is 1. The van der Waals surface area contributed by atoms with Crippen LogP contribution >= 0.6 is 0 Å². The molecule has 0 radical (unpaired) electrons. The van der Waals surface area contributed by atoms with Crippen molar-refractivity contribution < 1.29 is 19.0 Å². The van der Waals surface area contributed by atoms with Crippen molar-refractivity contribution in [2.24, 2.45) is 0 Å². The van der Waals surface area contributed by atoms with Crippen LogP contribution in [0.2, 0.25) is 0 Å². The largest absolute Gasteiger partial charge is 0.490 e. The number of rotatable bonds is 12. The fourth-order valence-corrected chi connectivity index (χ4v) is 3.82. The van der Waals surface area contributed by atoms with E-state index in [4.69, 9.17) is 14.2 Å². The highest BCUT2D eigenvalue weighted by molar-refractivity contribution is 5.95. The number of nitrogens with zero attached hydrogens (tertiary/aromatic N) is 1. The fourth-order valence-electron chi connectivity index (χ4n) is 3.82. The zero-order valence-electron chi connectivity index (χ0n) is 19.3. The van der Waals surface area contributed by atoms with Gasteiger partial charge in [0.25, 0.3) is 5.91 Å². The number of carbonyl (C=O) groups is 1. The standard InChI is InChI=1S/C26H36N2O4/c1-3-5-15-28-16-13-22(14-17-28)27-26(29)21-11-12-24(25(20-21)30-4-2)32-19-18-31-23-9-7-6-8-10-23/h6-12,20,22H,3-5,13-19H2,1-2H3,(H,27,29). The molecule has 6 nitrogen and oxygen atoms in total. The Kier molecular flexibility index (Phi) is 9.69. The van der Waals surface area contributed by atoms with Crippen molar-refractivity contribution in [1.82, 2.24) is 10.2 Å². The van der Waals surface area contributed by atoms with E-state index in [1.807, 2.05) is 37.3 Å². The van der Waals surface area contributed by atoms with Crippen LogP contribution in [0.15, 0.2) is 48.5 Å². The molecule has 2 aromatic rings. The van der Waals surface area contributed by atoms with Gasteiger partial charge in [-0.3, -0.25) is 4.79 Å². The Morgan fingerprint density at radius 2 is 1.72 bits per heavy atom. The highest BCUT2D eigenvalue weighted by atomic mass is 16.5. The molecule has 32 heavy (non-hydrogen) atoms. The first-order valence-electron chi connectivity index (χ1n) is 11.8. The Morgan fingerprint density at radius 3 is 2.44 bits per heavy atom. The van der Waals surface area contributed by atoms with Gasteiger partial charge in [0.1, 0.15) is 19.0 Å². The molecule has 0 aromatic heterocycles. The van der Waals surface area contributed by atoms with Crippen LogP contribution in [0.1, 0.15) is 49.9 Å². The molecule has 0 atom stereocenters. The normalized spacial score (nSPS) is 14.7. The van der Waals surface area contributed by atoms with Crippen molar-refractivity contribution in [2.75, 3.05) is 39.5 Å². The summed E-state index contributed by atoms with van der Waals surface area (Å²) in [4.78, 5) is 15.3. The van der Waals surface area contributed by atoms with Gasteiger partial charge in [0.15, 0.2) is 11.5 Å². The maximum absolute atomic E-state index is 12.8. The Bertz CT molecular complexity index is 820. The van der Waals surface area contributed by atoms with E-state index < -0.39 is 0 Å². The summed E-state index contributed by atoms with van der Waals surface area (Å²) in [7, 11) is 0. The van der Waals surface area contributed by atoms with Crippen LogP contribution < -0.4 is 19.5 Å². The third-order valence-corrected chi connectivity index (χ3v) is 5.61. The maximum atomic E-state index is 12.8. The molecule has 174 valence electrons. The average Bonchev–Trinajstić information content (AvgIpc) is 2.83. The molecule has 1 aliphatic heterocycles. The molecule has 1 saturated heterocycles. The molecule has 1 heterocycles. The van der Waals surface area contributed by atoms with E-state index in [1.54, 1.807) is 18.2 Å². The summed E-state index contributed by atoms with van der Waals surface area (Å²) in [5.74, 6) is 1.94. The SMILES string of the molecule is CCCCN1CCC(NC(=O)c2ccc(OCCOc3ccccc3)c(OCC)c2)CC1. The second-order valence-corrected chi connectivity index (χ2v) is 8.05. The molecule has 0 unspecified atom stereocenters. The van der Waals surface area contributed by atoms with Gasteiger partial charge in [-0.25, -0.2) is 0 Å². The average molecular weight is 441 g/mol. The van der Waals surface area contributed by atoms with E-state index in [2.05, 4.69) is 17.1 Å². The highest BCUT2D eigenvalue weighted by Crippen LogP contribution is 2.29. The van der Waals surface area contributed by atoms with Crippen LogP contribution in [-0.2, 0) is 0 Å². The van der Waals surface area contributed by atoms with E-state index in [0.29, 0.717) is 36.9 Å². The molecule has 1 fully saturated rings. The number of unbranched alkanes of at least 4 members (excludes halogenated alkanes) is 1. The quantitative estimate of drug-likeness (QED) is 0.491. The van der Waals surface area contributed by atoms with Gasteiger partial charge in [-0.1, -0.05) is 31.5 Å². The van der Waals surface area contributed by atoms with Gasteiger partial charge in [-0.05, 0) is 63.1 Å². The molecule has 1 amide bonds. The Morgan fingerprint density at radius 1 is 0.969 bits per heavy atom. The number of likely N-dealkylation sites (tertiary alicyclic amines) is 1. The number of amides is 1. The zero-order valence-corrected chi connectivity index (χ0v) is 19.3. The molecule has 1 aliphatic rings. The maximum Gasteiger partial charge on any atom is 0.251 e. The van der Waals surface area contributed by atoms with Gasteiger partial charge in [0.05, 0.1) is 6.61 Å². The molecule has 0 bridgehead atoms. The summed E-state index contributed by atoms with van der Waals surface area (Å²) in [5.41, 5.74) is 0.592. The molecule has 0 spiro atoms. The lowest BCUT2D eigenvalue weighted by Gasteiger charge is -2.32. The third kappa shape index (κ3) is 7.45. The summed E-state index contributed by atoms with van der Waals surface area (Å²) in [6, 6.07) is 15.2. The number of carbonyl (C=O) groups excluding carboxylic acids is 1. The minimum atomic E-state index is -0.0584. The predicted molar refractivity (Wildman–Crippen MR) is 127 cm³/mol. The molecule has 0 aliphatic carbocycles. The predicted octanol–water partition coefficient (Wildman–Crippen LogP) is 4.54. The Balaban J connectivity index is 1.50. The first kappa shape index (κ1) is 23.9. The van der Waals surface area contributed by atoms with Gasteiger partial charge in [-0.15, -0.1) is 0 Å². The third-order valence-electron chi connectivity index (χ3n) is 5.61. The second kappa shape index (κ2) is 13.0. The molecular formula is C26H36N2O4. The van der Waals surface area contributed by atoms with Crippen LogP contribution in [0.4, 0.5) is 0 Å². The smallest absolute Gasteiger partial charge is 0.251 e. The van der Waals surface area contributed by atoms with Gasteiger partial charge in [0.2, 0.25) is 0 Å². The number of para-hydroxylation sites is 1. The monoisotopic (exact) mass is 440 g/mol. The molecule has 2 aromatic carbocycles. The lowest BCUT2D eigenvalue weighted by Crippen LogP contribution is -2.44. The van der Waals surface area contributed by atoms with Crippen molar-refractivity contribution in [2.45, 2.75) is 45.6 Å². The summed E-state index contributed by atoms with van der Waals surface area (Å²) < 4.78 is 17.3. The van der Waals surface area contributed by atoms with Crippen LogP contribution in [0, 0.1) is 0 Å². The number of hydrogen-bond acceptors (Lipinski definition) is 5. The van der Waals surface area contributed by atoms with Gasteiger partial charge < -0.3 is 24.4 Å². The fraction of sp³-hybridized carbons (Fsp3) is 0.500. The number of ether oxygens (including phenoxy) is 3.